The van der Waals surface area contributed by atoms with Gasteiger partial charge in [-0.3, -0.25) is 4.98 Å². The fourth-order valence-corrected chi connectivity index (χ4v) is 8.33. The third-order valence-corrected chi connectivity index (χ3v) is 10.9. The number of benzene rings is 7. The molecule has 0 N–H and O–H groups in total. The predicted molar refractivity (Wildman–Crippen MR) is 232 cm³/mol. The van der Waals surface area contributed by atoms with Crippen molar-refractivity contribution in [2.75, 3.05) is 0 Å². The summed E-state index contributed by atoms with van der Waals surface area (Å²) < 4.78 is 4.72. The van der Waals surface area contributed by atoms with E-state index in [-0.39, 0.29) is 0 Å². The van der Waals surface area contributed by atoms with Crippen molar-refractivity contribution in [3.05, 3.63) is 206 Å². The molecule has 0 unspecified atom stereocenters. The van der Waals surface area contributed by atoms with Gasteiger partial charge in [0, 0.05) is 44.9 Å². The zero-order valence-corrected chi connectivity index (χ0v) is 30.4. The number of hydrogen-bond acceptors (Lipinski definition) is 2. The van der Waals surface area contributed by atoms with Crippen LogP contribution in [0.2, 0.25) is 0 Å². The zero-order valence-electron chi connectivity index (χ0n) is 30.4. The van der Waals surface area contributed by atoms with E-state index in [1.54, 1.807) is 0 Å². The summed E-state index contributed by atoms with van der Waals surface area (Å²) in [5.74, 6) is 0. The Labute approximate surface area is 324 Å². The van der Waals surface area contributed by atoms with Gasteiger partial charge in [0.2, 0.25) is 0 Å². The average Bonchev–Trinajstić information content (AvgIpc) is 3.79. The summed E-state index contributed by atoms with van der Waals surface area (Å²) in [6.07, 6.45) is 1.89. The molecule has 0 radical (unpaired) electrons. The second kappa shape index (κ2) is 13.1. The number of para-hydroxylation sites is 2. The van der Waals surface area contributed by atoms with Crippen LogP contribution in [0, 0.1) is 0 Å². The number of nitrogens with zero attached hydrogens (tertiary/aromatic N) is 4. The van der Waals surface area contributed by atoms with Crippen molar-refractivity contribution in [3.63, 3.8) is 0 Å². The summed E-state index contributed by atoms with van der Waals surface area (Å²) in [4.78, 5) is 10.0. The fraction of sp³-hybridized carbons (Fsp3) is 0. The van der Waals surface area contributed by atoms with Crippen molar-refractivity contribution >= 4 is 43.7 Å². The average molecular weight is 715 g/mol. The van der Waals surface area contributed by atoms with Gasteiger partial charge in [-0.15, -0.1) is 0 Å². The van der Waals surface area contributed by atoms with E-state index in [2.05, 4.69) is 191 Å². The Morgan fingerprint density at radius 3 is 1.62 bits per heavy atom. The second-order valence-electron chi connectivity index (χ2n) is 14.3. The van der Waals surface area contributed by atoms with Gasteiger partial charge in [0.15, 0.2) is 0 Å². The maximum Gasteiger partial charge on any atom is 0.0963 e. The van der Waals surface area contributed by atoms with Crippen molar-refractivity contribution in [1.82, 2.24) is 19.1 Å². The molecule has 4 aromatic heterocycles. The van der Waals surface area contributed by atoms with Crippen LogP contribution in [0.5, 0.6) is 0 Å². The Bertz CT molecular complexity index is 3170. The topological polar surface area (TPSA) is 35.6 Å². The minimum atomic E-state index is 0.952. The van der Waals surface area contributed by atoms with Gasteiger partial charge in [-0.25, -0.2) is 4.98 Å². The number of fused-ring (bicyclic) bond motifs is 6. The molecule has 7 aromatic carbocycles. The molecule has 4 heterocycles. The molecule has 4 heteroatoms. The molecule has 0 spiro atoms. The first-order valence-corrected chi connectivity index (χ1v) is 19.0. The van der Waals surface area contributed by atoms with Crippen molar-refractivity contribution in [2.45, 2.75) is 0 Å². The fourth-order valence-electron chi connectivity index (χ4n) is 8.33. The Hall–Kier alpha value is -7.56. The number of aromatic nitrogens is 4. The van der Waals surface area contributed by atoms with Crippen LogP contribution in [0.1, 0.15) is 0 Å². The van der Waals surface area contributed by atoms with Crippen LogP contribution in [0.4, 0.5) is 0 Å². The Morgan fingerprint density at radius 1 is 0.304 bits per heavy atom. The lowest BCUT2D eigenvalue weighted by molar-refractivity contribution is 1.17. The van der Waals surface area contributed by atoms with Crippen LogP contribution in [0.15, 0.2) is 206 Å². The highest BCUT2D eigenvalue weighted by Crippen LogP contribution is 2.39. The third kappa shape index (κ3) is 5.31. The van der Waals surface area contributed by atoms with E-state index in [0.29, 0.717) is 0 Å². The molecule has 0 aliphatic rings. The van der Waals surface area contributed by atoms with Crippen LogP contribution in [-0.4, -0.2) is 19.1 Å². The molecule has 0 saturated heterocycles. The summed E-state index contributed by atoms with van der Waals surface area (Å²) in [5, 5.41) is 3.59. The lowest BCUT2D eigenvalue weighted by atomic mass is 9.99. The lowest BCUT2D eigenvalue weighted by Gasteiger charge is -2.13. The highest BCUT2D eigenvalue weighted by Gasteiger charge is 2.17. The van der Waals surface area contributed by atoms with Gasteiger partial charge in [0.25, 0.3) is 0 Å². The first-order valence-electron chi connectivity index (χ1n) is 19.0. The Balaban J connectivity index is 1.08. The SMILES string of the molecule is c1ccc(-c2cc(-c3cccc(-n4c5ccccc5c5ccc(-c6ccc7c(c6)c6ncccc6n7-c6ccccc6)cc54)c3)cc(-c3ccccc3)n2)cc1. The lowest BCUT2D eigenvalue weighted by Crippen LogP contribution is -1.95. The van der Waals surface area contributed by atoms with Gasteiger partial charge in [0.1, 0.15) is 0 Å². The summed E-state index contributed by atoms with van der Waals surface area (Å²) in [6, 6.07) is 71.3. The Morgan fingerprint density at radius 2 is 0.857 bits per heavy atom. The largest absolute Gasteiger partial charge is 0.309 e. The molecule has 0 amide bonds. The maximum atomic E-state index is 5.13. The van der Waals surface area contributed by atoms with E-state index < -0.39 is 0 Å². The van der Waals surface area contributed by atoms with Gasteiger partial charge in [-0.1, -0.05) is 127 Å². The molecule has 0 bridgehead atoms. The van der Waals surface area contributed by atoms with Crippen molar-refractivity contribution in [2.24, 2.45) is 0 Å². The van der Waals surface area contributed by atoms with Crippen LogP contribution in [0.25, 0.3) is 99.9 Å². The molecule has 262 valence electrons. The molecule has 56 heavy (non-hydrogen) atoms. The molecule has 4 nitrogen and oxygen atoms in total. The van der Waals surface area contributed by atoms with E-state index >= 15 is 0 Å². The van der Waals surface area contributed by atoms with E-state index in [1.807, 2.05) is 24.4 Å². The number of hydrogen-bond donors (Lipinski definition) is 0. The van der Waals surface area contributed by atoms with Gasteiger partial charge in [-0.2, -0.15) is 0 Å². The minimum Gasteiger partial charge on any atom is -0.309 e. The van der Waals surface area contributed by atoms with Gasteiger partial charge in [-0.05, 0) is 95.1 Å². The molecule has 0 aliphatic carbocycles. The zero-order chi connectivity index (χ0) is 37.0. The van der Waals surface area contributed by atoms with Crippen LogP contribution < -0.4 is 0 Å². The van der Waals surface area contributed by atoms with Gasteiger partial charge >= 0.3 is 0 Å². The first kappa shape index (κ1) is 31.9. The summed E-state index contributed by atoms with van der Waals surface area (Å²) in [7, 11) is 0. The molecule has 0 aliphatic heterocycles. The van der Waals surface area contributed by atoms with E-state index in [1.165, 1.54) is 16.3 Å². The van der Waals surface area contributed by atoms with Crippen molar-refractivity contribution in [1.29, 1.82) is 0 Å². The first-order chi connectivity index (χ1) is 27.8. The van der Waals surface area contributed by atoms with Crippen molar-refractivity contribution in [3.8, 4) is 56.1 Å². The highest BCUT2D eigenvalue weighted by molar-refractivity contribution is 6.11. The van der Waals surface area contributed by atoms with Crippen LogP contribution in [0.3, 0.4) is 0 Å². The Kier molecular flexibility index (Phi) is 7.46. The number of pyridine rings is 2. The van der Waals surface area contributed by atoms with Crippen LogP contribution in [-0.2, 0) is 0 Å². The van der Waals surface area contributed by atoms with E-state index in [4.69, 9.17) is 9.97 Å². The molecule has 0 atom stereocenters. The molecule has 11 rings (SSSR count). The maximum absolute atomic E-state index is 5.13. The summed E-state index contributed by atoms with van der Waals surface area (Å²) >= 11 is 0. The minimum absolute atomic E-state index is 0.952. The highest BCUT2D eigenvalue weighted by atomic mass is 15.0. The smallest absolute Gasteiger partial charge is 0.0963 e. The van der Waals surface area contributed by atoms with Crippen molar-refractivity contribution < 1.29 is 0 Å². The molecule has 11 aromatic rings. The number of rotatable bonds is 6. The second-order valence-corrected chi connectivity index (χ2v) is 14.3. The monoisotopic (exact) mass is 714 g/mol. The van der Waals surface area contributed by atoms with E-state index in [0.717, 1.165) is 83.6 Å². The van der Waals surface area contributed by atoms with Gasteiger partial charge < -0.3 is 9.13 Å². The molecular formula is C52H34N4. The molecule has 0 fully saturated rings. The normalized spacial score (nSPS) is 11.6. The summed E-state index contributed by atoms with van der Waals surface area (Å²) in [6.45, 7) is 0. The summed E-state index contributed by atoms with van der Waals surface area (Å²) in [5.41, 5.74) is 16.5. The van der Waals surface area contributed by atoms with Gasteiger partial charge in [0.05, 0.1) is 39.0 Å². The quantitative estimate of drug-likeness (QED) is 0.172. The predicted octanol–water partition coefficient (Wildman–Crippen LogP) is 13.3. The van der Waals surface area contributed by atoms with Crippen LogP contribution >= 0.6 is 0 Å². The standard InChI is InChI=1S/C52H34N4/c1-4-14-35(15-5-1)46-32-40(33-47(54-46)36-16-6-2-7-17-36)37-18-12-21-42(30-37)56-48-23-11-10-22-43(48)44-27-25-39(34-51(44)56)38-26-28-49-45(31-38)52-50(24-13-29-53-52)55(49)41-19-8-3-9-20-41/h1-34H. The molecule has 0 saturated carbocycles. The third-order valence-electron chi connectivity index (χ3n) is 10.9. The molecular weight excluding hydrogens is 681 g/mol. The van der Waals surface area contributed by atoms with E-state index in [9.17, 15) is 0 Å².